The summed E-state index contributed by atoms with van der Waals surface area (Å²) in [6.45, 7) is 4.95. The Morgan fingerprint density at radius 1 is 1.56 bits per heavy atom. The second-order valence-corrected chi connectivity index (χ2v) is 4.43. The van der Waals surface area contributed by atoms with Crippen molar-refractivity contribution < 1.29 is 0 Å². The molecule has 2 N–H and O–H groups in total. The molecule has 1 aromatic rings. The lowest BCUT2D eigenvalue weighted by atomic mass is 9.91. The molecule has 0 spiro atoms. The van der Waals surface area contributed by atoms with E-state index in [1.54, 1.807) is 0 Å². The molecule has 1 saturated carbocycles. The number of aryl methyl sites for hydroxylation is 1. The van der Waals surface area contributed by atoms with Crippen molar-refractivity contribution in [3.8, 4) is 0 Å². The van der Waals surface area contributed by atoms with Gasteiger partial charge in [0.05, 0.1) is 0 Å². The quantitative estimate of drug-likeness (QED) is 0.795. The van der Waals surface area contributed by atoms with Crippen molar-refractivity contribution in [2.45, 2.75) is 45.2 Å². The zero-order valence-electron chi connectivity index (χ0n) is 10.1. The first-order valence-electron chi connectivity index (χ1n) is 6.34. The summed E-state index contributed by atoms with van der Waals surface area (Å²) < 4.78 is 2.22. The van der Waals surface area contributed by atoms with Gasteiger partial charge >= 0.3 is 0 Å². The molecule has 16 heavy (non-hydrogen) atoms. The highest BCUT2D eigenvalue weighted by molar-refractivity contribution is 5.34. The van der Waals surface area contributed by atoms with E-state index in [0.29, 0.717) is 6.04 Å². The molecule has 0 amide bonds. The van der Waals surface area contributed by atoms with Crippen LogP contribution in [0.15, 0.2) is 12.4 Å². The number of imidazole rings is 1. The standard InChI is InChI=1S/C12H22N4/c1-2-15-10-8-14-12(15)16(9-4-7-13)11-5-3-6-11/h8,10-11H,2-7,9,13H2,1H3. The fourth-order valence-corrected chi connectivity index (χ4v) is 2.21. The van der Waals surface area contributed by atoms with E-state index in [1.165, 1.54) is 19.3 Å². The van der Waals surface area contributed by atoms with E-state index < -0.39 is 0 Å². The summed E-state index contributed by atoms with van der Waals surface area (Å²) >= 11 is 0. The smallest absolute Gasteiger partial charge is 0.205 e. The molecule has 1 aromatic heterocycles. The van der Waals surface area contributed by atoms with Crippen LogP contribution in [0.1, 0.15) is 32.6 Å². The van der Waals surface area contributed by atoms with Crippen LogP contribution in [0.2, 0.25) is 0 Å². The minimum Gasteiger partial charge on any atom is -0.339 e. The number of nitrogens with zero attached hydrogens (tertiary/aromatic N) is 3. The molecule has 0 unspecified atom stereocenters. The van der Waals surface area contributed by atoms with Crippen LogP contribution >= 0.6 is 0 Å². The molecular formula is C12H22N4. The average molecular weight is 222 g/mol. The summed E-state index contributed by atoms with van der Waals surface area (Å²) in [7, 11) is 0. The molecule has 1 aliphatic carbocycles. The summed E-state index contributed by atoms with van der Waals surface area (Å²) in [6, 6.07) is 0.694. The minimum absolute atomic E-state index is 0.694. The van der Waals surface area contributed by atoms with E-state index in [1.807, 2.05) is 6.20 Å². The normalized spacial score (nSPS) is 16.1. The molecule has 0 bridgehead atoms. The maximum absolute atomic E-state index is 5.61. The Labute approximate surface area is 97.4 Å². The van der Waals surface area contributed by atoms with E-state index in [2.05, 4.69) is 27.6 Å². The van der Waals surface area contributed by atoms with Gasteiger partial charge in [-0.05, 0) is 39.2 Å². The third-order valence-electron chi connectivity index (χ3n) is 3.41. The molecule has 1 heterocycles. The predicted octanol–water partition coefficient (Wildman–Crippen LogP) is 1.61. The lowest BCUT2D eigenvalue weighted by Crippen LogP contribution is -2.42. The number of nitrogens with two attached hydrogens (primary N) is 1. The fourth-order valence-electron chi connectivity index (χ4n) is 2.21. The average Bonchev–Trinajstić information content (AvgIpc) is 2.69. The van der Waals surface area contributed by atoms with Gasteiger partial charge in [-0.3, -0.25) is 0 Å². The zero-order valence-corrected chi connectivity index (χ0v) is 10.1. The molecule has 1 aliphatic rings. The van der Waals surface area contributed by atoms with Crippen LogP contribution in [0.4, 0.5) is 5.95 Å². The number of rotatable bonds is 6. The van der Waals surface area contributed by atoms with Gasteiger partial charge in [0.2, 0.25) is 5.95 Å². The molecule has 2 rings (SSSR count). The van der Waals surface area contributed by atoms with Crippen LogP contribution in [0.25, 0.3) is 0 Å². The molecule has 0 atom stereocenters. The van der Waals surface area contributed by atoms with Gasteiger partial charge in [-0.1, -0.05) is 0 Å². The first-order valence-corrected chi connectivity index (χ1v) is 6.34. The van der Waals surface area contributed by atoms with Crippen LogP contribution in [0.3, 0.4) is 0 Å². The highest BCUT2D eigenvalue weighted by Gasteiger charge is 2.26. The minimum atomic E-state index is 0.694. The predicted molar refractivity (Wildman–Crippen MR) is 66.6 cm³/mol. The fraction of sp³-hybridized carbons (Fsp3) is 0.750. The molecule has 4 heteroatoms. The van der Waals surface area contributed by atoms with Crippen molar-refractivity contribution >= 4 is 5.95 Å². The lowest BCUT2D eigenvalue weighted by molar-refractivity contribution is 0.377. The Hall–Kier alpha value is -1.03. The molecule has 0 saturated heterocycles. The van der Waals surface area contributed by atoms with Crippen molar-refractivity contribution in [3.63, 3.8) is 0 Å². The van der Waals surface area contributed by atoms with E-state index in [4.69, 9.17) is 5.73 Å². The first kappa shape index (κ1) is 11.5. The number of hydrogen-bond donors (Lipinski definition) is 1. The summed E-state index contributed by atoms with van der Waals surface area (Å²) in [4.78, 5) is 6.94. The summed E-state index contributed by atoms with van der Waals surface area (Å²) in [5, 5.41) is 0. The molecule has 4 nitrogen and oxygen atoms in total. The summed E-state index contributed by atoms with van der Waals surface area (Å²) in [5.74, 6) is 1.13. The van der Waals surface area contributed by atoms with Gasteiger partial charge in [0, 0.05) is 31.5 Å². The van der Waals surface area contributed by atoms with E-state index >= 15 is 0 Å². The number of aromatic nitrogens is 2. The number of anilines is 1. The van der Waals surface area contributed by atoms with Crippen LogP contribution in [0, 0.1) is 0 Å². The van der Waals surface area contributed by atoms with Crippen molar-refractivity contribution in [1.82, 2.24) is 9.55 Å². The van der Waals surface area contributed by atoms with Crippen molar-refractivity contribution in [3.05, 3.63) is 12.4 Å². The molecular weight excluding hydrogens is 200 g/mol. The second kappa shape index (κ2) is 5.34. The van der Waals surface area contributed by atoms with E-state index in [0.717, 1.165) is 32.0 Å². The van der Waals surface area contributed by atoms with Gasteiger partial charge in [0.25, 0.3) is 0 Å². The largest absolute Gasteiger partial charge is 0.339 e. The topological polar surface area (TPSA) is 47.1 Å². The third kappa shape index (κ3) is 2.21. The van der Waals surface area contributed by atoms with Crippen molar-refractivity contribution in [1.29, 1.82) is 0 Å². The van der Waals surface area contributed by atoms with Gasteiger partial charge in [0.1, 0.15) is 0 Å². The third-order valence-corrected chi connectivity index (χ3v) is 3.41. The lowest BCUT2D eigenvalue weighted by Gasteiger charge is -2.38. The van der Waals surface area contributed by atoms with Crippen molar-refractivity contribution in [2.75, 3.05) is 18.0 Å². The monoisotopic (exact) mass is 222 g/mol. The first-order chi connectivity index (χ1) is 7.86. The molecule has 1 fully saturated rings. The van der Waals surface area contributed by atoms with Gasteiger partial charge in [-0.25, -0.2) is 4.98 Å². The van der Waals surface area contributed by atoms with Gasteiger partial charge in [-0.15, -0.1) is 0 Å². The Balaban J connectivity index is 2.10. The van der Waals surface area contributed by atoms with Gasteiger partial charge in [-0.2, -0.15) is 0 Å². The molecule has 0 aromatic carbocycles. The molecule has 90 valence electrons. The zero-order chi connectivity index (χ0) is 11.4. The maximum Gasteiger partial charge on any atom is 0.205 e. The van der Waals surface area contributed by atoms with Crippen LogP contribution in [0.5, 0.6) is 0 Å². The summed E-state index contributed by atoms with van der Waals surface area (Å²) in [6.07, 6.45) is 8.97. The second-order valence-electron chi connectivity index (χ2n) is 4.43. The van der Waals surface area contributed by atoms with Crippen molar-refractivity contribution in [2.24, 2.45) is 5.73 Å². The maximum atomic E-state index is 5.61. The Bertz CT molecular complexity index is 317. The van der Waals surface area contributed by atoms with Gasteiger partial charge < -0.3 is 15.2 Å². The van der Waals surface area contributed by atoms with Crippen LogP contribution in [-0.4, -0.2) is 28.7 Å². The highest BCUT2D eigenvalue weighted by atomic mass is 15.3. The molecule has 0 aliphatic heterocycles. The Morgan fingerprint density at radius 2 is 2.38 bits per heavy atom. The Morgan fingerprint density at radius 3 is 2.94 bits per heavy atom. The summed E-state index contributed by atoms with van der Waals surface area (Å²) in [5.41, 5.74) is 5.61. The van der Waals surface area contributed by atoms with Crippen LogP contribution < -0.4 is 10.6 Å². The Kier molecular flexibility index (Phi) is 3.83. The molecule has 0 radical (unpaired) electrons. The van der Waals surface area contributed by atoms with E-state index in [9.17, 15) is 0 Å². The van der Waals surface area contributed by atoms with E-state index in [-0.39, 0.29) is 0 Å². The number of hydrogen-bond acceptors (Lipinski definition) is 3. The highest BCUT2D eigenvalue weighted by Crippen LogP contribution is 2.28. The SMILES string of the molecule is CCn1ccnc1N(CCCN)C1CCC1. The van der Waals surface area contributed by atoms with Gasteiger partial charge in [0.15, 0.2) is 0 Å². The van der Waals surface area contributed by atoms with Crippen LogP contribution in [-0.2, 0) is 6.54 Å².